The molecule has 0 atom stereocenters. The minimum atomic E-state index is 0.486. The zero-order valence-electron chi connectivity index (χ0n) is 14.6. The first kappa shape index (κ1) is 18.5. The fourth-order valence-corrected chi connectivity index (χ4v) is 2.23. The minimum Gasteiger partial charge on any atom is -0.359 e. The van der Waals surface area contributed by atoms with Gasteiger partial charge in [-0.05, 0) is 26.4 Å². The SMILES string of the molecule is CCC(CC)c1cc(CNC(=NC)NCCN(C)CC)on1. The number of rotatable bonds is 9. The van der Waals surface area contributed by atoms with Gasteiger partial charge < -0.3 is 20.1 Å². The van der Waals surface area contributed by atoms with Crippen molar-refractivity contribution in [3.63, 3.8) is 0 Å². The highest BCUT2D eigenvalue weighted by Gasteiger charge is 2.13. The van der Waals surface area contributed by atoms with E-state index in [9.17, 15) is 0 Å². The maximum Gasteiger partial charge on any atom is 0.191 e. The Bertz CT molecular complexity index is 439. The van der Waals surface area contributed by atoms with Gasteiger partial charge in [-0.15, -0.1) is 0 Å². The smallest absolute Gasteiger partial charge is 0.191 e. The van der Waals surface area contributed by atoms with E-state index >= 15 is 0 Å². The maximum absolute atomic E-state index is 5.40. The van der Waals surface area contributed by atoms with E-state index in [0.29, 0.717) is 12.5 Å². The number of aliphatic imine (C=N–C) groups is 1. The Hall–Kier alpha value is -1.56. The van der Waals surface area contributed by atoms with Crippen LogP contribution in [0.3, 0.4) is 0 Å². The largest absolute Gasteiger partial charge is 0.359 e. The number of likely N-dealkylation sites (N-methyl/N-ethyl adjacent to an activating group) is 1. The lowest BCUT2D eigenvalue weighted by Crippen LogP contribution is -2.40. The van der Waals surface area contributed by atoms with Crippen molar-refractivity contribution < 1.29 is 4.52 Å². The van der Waals surface area contributed by atoms with Crippen molar-refractivity contribution >= 4 is 5.96 Å². The fourth-order valence-electron chi connectivity index (χ4n) is 2.23. The van der Waals surface area contributed by atoms with E-state index in [0.717, 1.165) is 49.9 Å². The summed E-state index contributed by atoms with van der Waals surface area (Å²) in [5.41, 5.74) is 1.05. The molecule has 126 valence electrons. The summed E-state index contributed by atoms with van der Waals surface area (Å²) in [6.07, 6.45) is 2.17. The normalized spacial score (nSPS) is 12.2. The summed E-state index contributed by atoms with van der Waals surface area (Å²) in [7, 11) is 3.88. The Morgan fingerprint density at radius 2 is 2.05 bits per heavy atom. The Morgan fingerprint density at radius 1 is 1.32 bits per heavy atom. The Labute approximate surface area is 134 Å². The highest BCUT2D eigenvalue weighted by atomic mass is 16.5. The number of nitrogens with one attached hydrogen (secondary N) is 2. The Balaban J connectivity index is 2.40. The first-order valence-electron chi connectivity index (χ1n) is 8.23. The molecule has 0 spiro atoms. The quantitative estimate of drug-likeness (QED) is 0.541. The van der Waals surface area contributed by atoms with Crippen LogP contribution in [-0.4, -0.2) is 49.7 Å². The van der Waals surface area contributed by atoms with Crippen LogP contribution in [0.15, 0.2) is 15.6 Å². The van der Waals surface area contributed by atoms with Crippen molar-refractivity contribution in [2.45, 2.75) is 46.1 Å². The lowest BCUT2D eigenvalue weighted by Gasteiger charge is -2.15. The van der Waals surface area contributed by atoms with Crippen LogP contribution >= 0.6 is 0 Å². The summed E-state index contributed by atoms with van der Waals surface area (Å²) in [5.74, 6) is 2.11. The van der Waals surface area contributed by atoms with Gasteiger partial charge in [-0.25, -0.2) is 0 Å². The molecule has 1 aromatic rings. The van der Waals surface area contributed by atoms with Gasteiger partial charge in [0.2, 0.25) is 0 Å². The van der Waals surface area contributed by atoms with Gasteiger partial charge in [0, 0.05) is 32.1 Å². The van der Waals surface area contributed by atoms with Crippen LogP contribution in [0.4, 0.5) is 0 Å². The maximum atomic E-state index is 5.40. The van der Waals surface area contributed by atoms with Crippen LogP contribution in [0.1, 0.15) is 51.0 Å². The van der Waals surface area contributed by atoms with E-state index in [1.807, 2.05) is 6.07 Å². The van der Waals surface area contributed by atoms with Crippen molar-refractivity contribution in [1.82, 2.24) is 20.7 Å². The van der Waals surface area contributed by atoms with Crippen LogP contribution in [0, 0.1) is 0 Å². The van der Waals surface area contributed by atoms with Gasteiger partial charge in [-0.1, -0.05) is 25.9 Å². The molecule has 2 N–H and O–H groups in total. The molecule has 0 amide bonds. The molecule has 0 unspecified atom stereocenters. The molecule has 1 heterocycles. The predicted molar refractivity (Wildman–Crippen MR) is 91.2 cm³/mol. The van der Waals surface area contributed by atoms with E-state index in [1.54, 1.807) is 7.05 Å². The molecule has 0 bridgehead atoms. The highest BCUT2D eigenvalue weighted by Crippen LogP contribution is 2.22. The number of hydrogen-bond donors (Lipinski definition) is 2. The second kappa shape index (κ2) is 10.2. The molecule has 0 aliphatic heterocycles. The average Bonchev–Trinajstić information content (AvgIpc) is 3.00. The van der Waals surface area contributed by atoms with Crippen molar-refractivity contribution in [3.8, 4) is 0 Å². The van der Waals surface area contributed by atoms with Gasteiger partial charge in [0.05, 0.1) is 12.2 Å². The number of aromatic nitrogens is 1. The number of nitrogens with zero attached hydrogens (tertiary/aromatic N) is 3. The van der Waals surface area contributed by atoms with Gasteiger partial charge in [-0.2, -0.15) is 0 Å². The van der Waals surface area contributed by atoms with Crippen LogP contribution in [0.2, 0.25) is 0 Å². The predicted octanol–water partition coefficient (Wildman–Crippen LogP) is 2.19. The van der Waals surface area contributed by atoms with Crippen LogP contribution in [0.5, 0.6) is 0 Å². The summed E-state index contributed by atoms with van der Waals surface area (Å²) in [6.45, 7) is 9.99. The Morgan fingerprint density at radius 3 is 2.64 bits per heavy atom. The lowest BCUT2D eigenvalue weighted by molar-refractivity contribution is 0.356. The highest BCUT2D eigenvalue weighted by molar-refractivity contribution is 5.79. The molecule has 0 aromatic carbocycles. The first-order valence-corrected chi connectivity index (χ1v) is 8.23. The molecule has 0 saturated carbocycles. The molecular formula is C16H31N5O. The first-order chi connectivity index (χ1) is 10.6. The summed E-state index contributed by atoms with van der Waals surface area (Å²) < 4.78 is 5.40. The summed E-state index contributed by atoms with van der Waals surface area (Å²) >= 11 is 0. The lowest BCUT2D eigenvalue weighted by atomic mass is 9.99. The molecular weight excluding hydrogens is 278 g/mol. The molecule has 1 aromatic heterocycles. The van der Waals surface area contributed by atoms with Crippen LogP contribution < -0.4 is 10.6 Å². The van der Waals surface area contributed by atoms with Gasteiger partial charge in [-0.3, -0.25) is 4.99 Å². The third-order valence-electron chi connectivity index (χ3n) is 3.96. The summed E-state index contributed by atoms with van der Waals surface area (Å²) in [6, 6.07) is 2.04. The van der Waals surface area contributed by atoms with E-state index in [2.05, 4.69) is 53.5 Å². The van der Waals surface area contributed by atoms with Crippen molar-refractivity contribution in [2.75, 3.05) is 33.7 Å². The minimum absolute atomic E-state index is 0.486. The van der Waals surface area contributed by atoms with E-state index in [1.165, 1.54) is 0 Å². The Kier molecular flexibility index (Phi) is 8.58. The van der Waals surface area contributed by atoms with Gasteiger partial charge in [0.25, 0.3) is 0 Å². The van der Waals surface area contributed by atoms with Crippen LogP contribution in [0.25, 0.3) is 0 Å². The fraction of sp³-hybridized carbons (Fsp3) is 0.750. The second-order valence-corrected chi connectivity index (χ2v) is 5.48. The van der Waals surface area contributed by atoms with E-state index in [4.69, 9.17) is 4.52 Å². The van der Waals surface area contributed by atoms with Gasteiger partial charge in [0.1, 0.15) is 0 Å². The van der Waals surface area contributed by atoms with E-state index < -0.39 is 0 Å². The third-order valence-corrected chi connectivity index (χ3v) is 3.96. The summed E-state index contributed by atoms with van der Waals surface area (Å²) in [4.78, 5) is 6.46. The molecule has 0 aliphatic carbocycles. The summed E-state index contributed by atoms with van der Waals surface area (Å²) in [5, 5.41) is 10.7. The van der Waals surface area contributed by atoms with E-state index in [-0.39, 0.29) is 0 Å². The molecule has 0 saturated heterocycles. The zero-order valence-corrected chi connectivity index (χ0v) is 14.6. The molecule has 1 rings (SSSR count). The second-order valence-electron chi connectivity index (χ2n) is 5.48. The average molecular weight is 309 g/mol. The topological polar surface area (TPSA) is 65.7 Å². The third kappa shape index (κ3) is 6.05. The van der Waals surface area contributed by atoms with Crippen LogP contribution in [-0.2, 0) is 6.54 Å². The molecule has 22 heavy (non-hydrogen) atoms. The van der Waals surface area contributed by atoms with Crippen molar-refractivity contribution in [3.05, 3.63) is 17.5 Å². The molecule has 0 aliphatic rings. The van der Waals surface area contributed by atoms with Crippen molar-refractivity contribution in [2.24, 2.45) is 4.99 Å². The molecule has 0 radical (unpaired) electrons. The number of guanidine groups is 1. The molecule has 6 heteroatoms. The van der Waals surface area contributed by atoms with Gasteiger partial charge in [0.15, 0.2) is 11.7 Å². The molecule has 0 fully saturated rings. The standard InChI is InChI=1S/C16H31N5O/c1-6-13(7-2)15-11-14(22-20-15)12-19-16(17-4)18-9-10-21(5)8-3/h11,13H,6-10,12H2,1-5H3,(H2,17,18,19). The monoisotopic (exact) mass is 309 g/mol. The van der Waals surface area contributed by atoms with Crippen molar-refractivity contribution in [1.29, 1.82) is 0 Å². The molecule has 6 nitrogen and oxygen atoms in total. The van der Waals surface area contributed by atoms with Gasteiger partial charge >= 0.3 is 0 Å². The zero-order chi connectivity index (χ0) is 16.4. The number of hydrogen-bond acceptors (Lipinski definition) is 4.